The van der Waals surface area contributed by atoms with Crippen molar-refractivity contribution in [3.8, 4) is 0 Å². The minimum atomic E-state index is -1.42. The maximum atomic E-state index is 11.4. The SMILES string of the molecule is COC(=O)C(OCc1ccccc1)C(=O)C=[N+]=[N-]. The second-order valence-corrected chi connectivity index (χ2v) is 3.35. The minimum absolute atomic E-state index is 0.0750. The molecule has 1 unspecified atom stereocenters. The third-order valence-electron chi connectivity index (χ3n) is 2.12. The van der Waals surface area contributed by atoms with Gasteiger partial charge < -0.3 is 15.0 Å². The number of ether oxygens (including phenoxy) is 2. The molecule has 1 aromatic rings. The van der Waals surface area contributed by atoms with Gasteiger partial charge in [0, 0.05) is 0 Å². The summed E-state index contributed by atoms with van der Waals surface area (Å²) in [6.45, 7) is 0.0750. The Balaban J connectivity index is 2.70. The lowest BCUT2D eigenvalue weighted by Crippen LogP contribution is -2.35. The van der Waals surface area contributed by atoms with E-state index in [0.29, 0.717) is 6.21 Å². The summed E-state index contributed by atoms with van der Waals surface area (Å²) in [6.07, 6.45) is -0.821. The maximum Gasteiger partial charge on any atom is 0.343 e. The number of carbonyl (C=O) groups excluding carboxylic acids is 2. The Morgan fingerprint density at radius 3 is 2.61 bits per heavy atom. The number of rotatable bonds is 6. The van der Waals surface area contributed by atoms with Gasteiger partial charge in [-0.05, 0) is 5.56 Å². The smallest absolute Gasteiger partial charge is 0.343 e. The van der Waals surface area contributed by atoms with Crippen molar-refractivity contribution in [3.05, 3.63) is 41.4 Å². The molecule has 0 aliphatic carbocycles. The molecule has 0 spiro atoms. The van der Waals surface area contributed by atoms with Crippen LogP contribution in [0.5, 0.6) is 0 Å². The largest absolute Gasteiger partial charge is 0.467 e. The average molecular weight is 248 g/mol. The highest BCUT2D eigenvalue weighted by Crippen LogP contribution is 2.05. The van der Waals surface area contributed by atoms with E-state index in [0.717, 1.165) is 12.7 Å². The molecule has 0 bridgehead atoms. The van der Waals surface area contributed by atoms with Gasteiger partial charge in [-0.15, -0.1) is 0 Å². The van der Waals surface area contributed by atoms with Gasteiger partial charge in [0.1, 0.15) is 0 Å². The molecule has 0 N–H and O–H groups in total. The monoisotopic (exact) mass is 248 g/mol. The fraction of sp³-hybridized carbons (Fsp3) is 0.250. The maximum absolute atomic E-state index is 11.4. The van der Waals surface area contributed by atoms with Gasteiger partial charge in [0.05, 0.1) is 13.7 Å². The molecule has 0 saturated carbocycles. The summed E-state index contributed by atoms with van der Waals surface area (Å²) >= 11 is 0. The molecule has 0 aliphatic rings. The predicted octanol–water partition coefficient (Wildman–Crippen LogP) is 0.614. The van der Waals surface area contributed by atoms with Crippen molar-refractivity contribution in [1.82, 2.24) is 0 Å². The zero-order valence-corrected chi connectivity index (χ0v) is 9.78. The van der Waals surface area contributed by atoms with E-state index in [1.54, 1.807) is 12.1 Å². The number of hydrogen-bond acceptors (Lipinski definition) is 4. The van der Waals surface area contributed by atoms with Gasteiger partial charge >= 0.3 is 12.2 Å². The summed E-state index contributed by atoms with van der Waals surface area (Å²) < 4.78 is 9.61. The Labute approximate surface area is 104 Å². The summed E-state index contributed by atoms with van der Waals surface area (Å²) in [4.78, 5) is 25.3. The molecular weight excluding hydrogens is 236 g/mol. The highest BCUT2D eigenvalue weighted by atomic mass is 16.6. The van der Waals surface area contributed by atoms with E-state index in [4.69, 9.17) is 10.3 Å². The molecular formula is C12H12N2O4. The Hall–Kier alpha value is -2.30. The van der Waals surface area contributed by atoms with Crippen molar-refractivity contribution in [2.75, 3.05) is 7.11 Å². The van der Waals surface area contributed by atoms with E-state index in [9.17, 15) is 9.59 Å². The van der Waals surface area contributed by atoms with Crippen molar-refractivity contribution in [2.24, 2.45) is 0 Å². The number of esters is 1. The molecule has 0 aliphatic heterocycles. The standard InChI is InChI=1S/C12H12N2O4/c1-17-12(16)11(10(15)7-14-13)18-8-9-5-3-2-4-6-9/h2-7,11H,8H2,1H3. The van der Waals surface area contributed by atoms with Crippen LogP contribution < -0.4 is 0 Å². The van der Waals surface area contributed by atoms with Crippen molar-refractivity contribution in [3.63, 3.8) is 0 Å². The number of benzene rings is 1. The van der Waals surface area contributed by atoms with Crippen molar-refractivity contribution in [2.45, 2.75) is 12.7 Å². The average Bonchev–Trinajstić information content (AvgIpc) is 2.40. The van der Waals surface area contributed by atoms with Crippen LogP contribution in [0.3, 0.4) is 0 Å². The van der Waals surface area contributed by atoms with Gasteiger partial charge in [-0.3, -0.25) is 4.79 Å². The number of carbonyl (C=O) groups is 2. The van der Waals surface area contributed by atoms with Crippen molar-refractivity contribution in [1.29, 1.82) is 0 Å². The summed E-state index contributed by atoms with van der Waals surface area (Å²) in [5.74, 6) is -1.61. The molecule has 0 fully saturated rings. The van der Waals surface area contributed by atoms with E-state index < -0.39 is 17.9 Å². The number of methoxy groups -OCH3 is 1. The first-order chi connectivity index (χ1) is 8.69. The van der Waals surface area contributed by atoms with Crippen LogP contribution >= 0.6 is 0 Å². The van der Waals surface area contributed by atoms with E-state index in [2.05, 4.69) is 9.53 Å². The second-order valence-electron chi connectivity index (χ2n) is 3.35. The van der Waals surface area contributed by atoms with Crippen LogP contribution in [0.25, 0.3) is 5.53 Å². The molecule has 0 amide bonds. The lowest BCUT2D eigenvalue weighted by atomic mass is 10.2. The third kappa shape index (κ3) is 3.93. The Morgan fingerprint density at radius 2 is 2.06 bits per heavy atom. The Kier molecular flexibility index (Phi) is 5.44. The fourth-order valence-corrected chi connectivity index (χ4v) is 1.25. The molecule has 1 aromatic carbocycles. The lowest BCUT2D eigenvalue weighted by molar-refractivity contribution is -0.158. The van der Waals surface area contributed by atoms with Gasteiger partial charge in [-0.25, -0.2) is 4.79 Å². The summed E-state index contributed by atoms with van der Waals surface area (Å²) in [5.41, 5.74) is 9.07. The molecule has 0 heterocycles. The zero-order valence-electron chi connectivity index (χ0n) is 9.78. The summed E-state index contributed by atoms with van der Waals surface area (Å²) in [6, 6.07) is 9.04. The molecule has 94 valence electrons. The molecule has 0 aromatic heterocycles. The quantitative estimate of drug-likeness (QED) is 0.242. The first-order valence-corrected chi connectivity index (χ1v) is 5.13. The fourth-order valence-electron chi connectivity index (χ4n) is 1.25. The van der Waals surface area contributed by atoms with Gasteiger partial charge in [-0.2, -0.15) is 4.79 Å². The number of nitrogens with zero attached hydrogens (tertiary/aromatic N) is 2. The molecule has 1 atom stereocenters. The summed E-state index contributed by atoms with van der Waals surface area (Å²) in [5, 5.41) is 0. The number of Topliss-reactive ketones (excluding diaryl/α,β-unsaturated/α-hetero) is 1. The number of ketones is 1. The van der Waals surface area contributed by atoms with E-state index in [1.807, 2.05) is 18.2 Å². The van der Waals surface area contributed by atoms with E-state index >= 15 is 0 Å². The molecule has 0 saturated heterocycles. The third-order valence-corrected chi connectivity index (χ3v) is 2.12. The molecule has 6 heteroatoms. The van der Waals surface area contributed by atoms with Gasteiger partial charge in [-0.1, -0.05) is 30.3 Å². The highest BCUT2D eigenvalue weighted by Gasteiger charge is 2.29. The van der Waals surface area contributed by atoms with Crippen molar-refractivity contribution < 1.29 is 23.9 Å². The second kappa shape index (κ2) is 7.11. The van der Waals surface area contributed by atoms with Crippen LogP contribution in [0.15, 0.2) is 30.3 Å². The first-order valence-electron chi connectivity index (χ1n) is 5.13. The van der Waals surface area contributed by atoms with Gasteiger partial charge in [0.2, 0.25) is 6.10 Å². The molecule has 0 radical (unpaired) electrons. The van der Waals surface area contributed by atoms with Crippen LogP contribution in [0.4, 0.5) is 0 Å². The van der Waals surface area contributed by atoms with E-state index in [-0.39, 0.29) is 6.61 Å². The van der Waals surface area contributed by atoms with Crippen LogP contribution in [0.2, 0.25) is 0 Å². The van der Waals surface area contributed by atoms with Crippen LogP contribution in [-0.2, 0) is 25.7 Å². The van der Waals surface area contributed by atoms with Crippen LogP contribution in [-0.4, -0.2) is 36.0 Å². The number of hydrogen-bond donors (Lipinski definition) is 0. The summed E-state index contributed by atoms with van der Waals surface area (Å²) in [7, 11) is 1.14. The van der Waals surface area contributed by atoms with Crippen LogP contribution in [0, 0.1) is 0 Å². The van der Waals surface area contributed by atoms with Crippen LogP contribution in [0.1, 0.15) is 5.56 Å². The first kappa shape index (κ1) is 13.8. The van der Waals surface area contributed by atoms with E-state index in [1.165, 1.54) is 0 Å². The van der Waals surface area contributed by atoms with Gasteiger partial charge in [0.15, 0.2) is 0 Å². The molecule has 18 heavy (non-hydrogen) atoms. The topological polar surface area (TPSA) is 89.0 Å². The molecule has 6 nitrogen and oxygen atoms in total. The predicted molar refractivity (Wildman–Crippen MR) is 61.7 cm³/mol. The zero-order chi connectivity index (χ0) is 13.4. The normalized spacial score (nSPS) is 11.2. The van der Waals surface area contributed by atoms with Crippen molar-refractivity contribution >= 4 is 18.0 Å². The Bertz CT molecular complexity index is 466. The Morgan fingerprint density at radius 1 is 1.39 bits per heavy atom. The van der Waals surface area contributed by atoms with Gasteiger partial charge in [0.25, 0.3) is 5.78 Å². The minimum Gasteiger partial charge on any atom is -0.467 e. The highest BCUT2D eigenvalue weighted by molar-refractivity contribution is 6.32. The molecule has 1 rings (SSSR count). The lowest BCUT2D eigenvalue weighted by Gasteiger charge is -2.11.